The molecule has 4 heteroatoms. The minimum atomic E-state index is -0.0641. The van der Waals surface area contributed by atoms with Gasteiger partial charge in [-0.15, -0.1) is 0 Å². The van der Waals surface area contributed by atoms with Gasteiger partial charge in [0.2, 0.25) is 0 Å². The Kier molecular flexibility index (Phi) is 4.51. The Morgan fingerprint density at radius 2 is 2.25 bits per heavy atom. The second-order valence-corrected chi connectivity index (χ2v) is 4.36. The number of halogens is 1. The van der Waals surface area contributed by atoms with Crippen molar-refractivity contribution < 1.29 is 4.79 Å². The predicted octanol–water partition coefficient (Wildman–Crippen LogP) is 2.74. The van der Waals surface area contributed by atoms with Gasteiger partial charge in [0.15, 0.2) is 0 Å². The highest BCUT2D eigenvalue weighted by Crippen LogP contribution is 2.22. The summed E-state index contributed by atoms with van der Waals surface area (Å²) < 4.78 is 0.823. The molecule has 0 radical (unpaired) electrons. The van der Waals surface area contributed by atoms with Crippen LogP contribution in [0, 0.1) is 18.3 Å². The fourth-order valence-corrected chi connectivity index (χ4v) is 1.77. The average molecular weight is 281 g/mol. The molecule has 0 bridgehead atoms. The molecule has 0 atom stereocenters. The fourth-order valence-electron chi connectivity index (χ4n) is 1.34. The normalized spacial score (nSPS) is 9.62. The highest BCUT2D eigenvalue weighted by molar-refractivity contribution is 9.10. The summed E-state index contributed by atoms with van der Waals surface area (Å²) in [7, 11) is 1.70. The molecule has 0 aromatic heterocycles. The van der Waals surface area contributed by atoms with Gasteiger partial charge in [0, 0.05) is 18.1 Å². The van der Waals surface area contributed by atoms with Crippen molar-refractivity contribution in [2.45, 2.75) is 13.3 Å². The number of benzene rings is 1. The first kappa shape index (κ1) is 12.7. The Balaban J connectivity index is 2.89. The summed E-state index contributed by atoms with van der Waals surface area (Å²) in [6, 6.07) is 7.60. The first-order valence-electron chi connectivity index (χ1n) is 4.95. The molecule has 0 fully saturated rings. The van der Waals surface area contributed by atoms with Crippen LogP contribution in [-0.4, -0.2) is 24.4 Å². The number of nitriles is 1. The van der Waals surface area contributed by atoms with E-state index in [0.29, 0.717) is 18.5 Å². The van der Waals surface area contributed by atoms with Gasteiger partial charge in [-0.3, -0.25) is 4.79 Å². The summed E-state index contributed by atoms with van der Waals surface area (Å²) in [5, 5.41) is 8.47. The molecule has 0 saturated carbocycles. The number of carbonyl (C=O) groups excluding carboxylic acids is 1. The molecule has 0 N–H and O–H groups in total. The van der Waals surface area contributed by atoms with Gasteiger partial charge in [-0.1, -0.05) is 12.1 Å². The second kappa shape index (κ2) is 5.66. The molecule has 0 aliphatic carbocycles. The van der Waals surface area contributed by atoms with E-state index in [1.807, 2.05) is 25.1 Å². The van der Waals surface area contributed by atoms with E-state index >= 15 is 0 Å². The molecule has 16 heavy (non-hydrogen) atoms. The molecular formula is C12H13BrN2O. The van der Waals surface area contributed by atoms with E-state index < -0.39 is 0 Å². The van der Waals surface area contributed by atoms with Crippen LogP contribution in [0.5, 0.6) is 0 Å². The summed E-state index contributed by atoms with van der Waals surface area (Å²) in [6.07, 6.45) is 0.353. The number of rotatable bonds is 3. The molecule has 1 aromatic rings. The zero-order chi connectivity index (χ0) is 12.1. The largest absolute Gasteiger partial charge is 0.341 e. The van der Waals surface area contributed by atoms with E-state index in [4.69, 9.17) is 5.26 Å². The fraction of sp³-hybridized carbons (Fsp3) is 0.333. The van der Waals surface area contributed by atoms with Gasteiger partial charge in [-0.05, 0) is 34.5 Å². The smallest absolute Gasteiger partial charge is 0.254 e. The molecule has 0 aliphatic heterocycles. The number of carbonyl (C=O) groups is 1. The maximum atomic E-state index is 12.0. The Morgan fingerprint density at radius 1 is 1.56 bits per heavy atom. The van der Waals surface area contributed by atoms with Gasteiger partial charge in [0.25, 0.3) is 5.91 Å². The Morgan fingerprint density at radius 3 is 2.88 bits per heavy atom. The second-order valence-electron chi connectivity index (χ2n) is 3.57. The van der Waals surface area contributed by atoms with E-state index in [1.54, 1.807) is 18.0 Å². The first-order valence-corrected chi connectivity index (χ1v) is 5.74. The highest BCUT2D eigenvalue weighted by atomic mass is 79.9. The molecule has 1 rings (SSSR count). The van der Waals surface area contributed by atoms with Crippen LogP contribution in [0.4, 0.5) is 0 Å². The van der Waals surface area contributed by atoms with Crippen LogP contribution >= 0.6 is 15.9 Å². The van der Waals surface area contributed by atoms with E-state index in [-0.39, 0.29) is 5.91 Å². The minimum absolute atomic E-state index is 0.0641. The van der Waals surface area contributed by atoms with Crippen LogP contribution in [0.3, 0.4) is 0 Å². The first-order chi connectivity index (χ1) is 7.57. The number of aryl methyl sites for hydroxylation is 1. The molecule has 0 heterocycles. The van der Waals surface area contributed by atoms with Gasteiger partial charge in [-0.2, -0.15) is 5.26 Å². The van der Waals surface area contributed by atoms with Crippen molar-refractivity contribution in [3.8, 4) is 6.07 Å². The topological polar surface area (TPSA) is 44.1 Å². The number of hydrogen-bond acceptors (Lipinski definition) is 2. The zero-order valence-corrected chi connectivity index (χ0v) is 10.9. The third kappa shape index (κ3) is 2.83. The molecule has 0 unspecified atom stereocenters. The molecule has 3 nitrogen and oxygen atoms in total. The monoisotopic (exact) mass is 280 g/mol. The Labute approximate surface area is 104 Å². The van der Waals surface area contributed by atoms with E-state index in [0.717, 1.165) is 10.0 Å². The van der Waals surface area contributed by atoms with Crippen LogP contribution in [0.2, 0.25) is 0 Å². The number of hydrogen-bond donors (Lipinski definition) is 0. The van der Waals surface area contributed by atoms with Gasteiger partial charge < -0.3 is 4.90 Å². The van der Waals surface area contributed by atoms with Gasteiger partial charge >= 0.3 is 0 Å². The molecule has 1 aromatic carbocycles. The van der Waals surface area contributed by atoms with E-state index in [1.165, 1.54) is 0 Å². The lowest BCUT2D eigenvalue weighted by Gasteiger charge is -2.16. The van der Waals surface area contributed by atoms with Crippen molar-refractivity contribution in [3.05, 3.63) is 33.8 Å². The SMILES string of the molecule is Cc1cccc(C(=O)N(C)CCC#N)c1Br. The lowest BCUT2D eigenvalue weighted by molar-refractivity contribution is 0.0797. The molecule has 0 saturated heterocycles. The maximum Gasteiger partial charge on any atom is 0.254 e. The number of nitrogens with zero attached hydrogens (tertiary/aromatic N) is 2. The van der Waals surface area contributed by atoms with Crippen LogP contribution in [0.25, 0.3) is 0 Å². The van der Waals surface area contributed by atoms with Crippen molar-refractivity contribution >= 4 is 21.8 Å². The van der Waals surface area contributed by atoms with Crippen LogP contribution in [-0.2, 0) is 0 Å². The summed E-state index contributed by atoms with van der Waals surface area (Å²) >= 11 is 3.40. The summed E-state index contributed by atoms with van der Waals surface area (Å²) in [5.41, 5.74) is 1.67. The lowest BCUT2D eigenvalue weighted by Crippen LogP contribution is -2.27. The minimum Gasteiger partial charge on any atom is -0.341 e. The predicted molar refractivity (Wildman–Crippen MR) is 66.1 cm³/mol. The quantitative estimate of drug-likeness (QED) is 0.855. The summed E-state index contributed by atoms with van der Waals surface area (Å²) in [4.78, 5) is 13.6. The average Bonchev–Trinajstić information content (AvgIpc) is 2.28. The summed E-state index contributed by atoms with van der Waals surface area (Å²) in [6.45, 7) is 2.39. The third-order valence-electron chi connectivity index (χ3n) is 2.33. The van der Waals surface area contributed by atoms with E-state index in [2.05, 4.69) is 15.9 Å². The van der Waals surface area contributed by atoms with Crippen molar-refractivity contribution in [1.29, 1.82) is 5.26 Å². The highest BCUT2D eigenvalue weighted by Gasteiger charge is 2.15. The molecule has 1 amide bonds. The van der Waals surface area contributed by atoms with Gasteiger partial charge in [-0.25, -0.2) is 0 Å². The molecule has 84 valence electrons. The standard InChI is InChI=1S/C12H13BrN2O/c1-9-5-3-6-10(11(9)13)12(16)15(2)8-4-7-14/h3,5-6H,4,8H2,1-2H3. The maximum absolute atomic E-state index is 12.0. The number of amides is 1. The van der Waals surface area contributed by atoms with Crippen molar-refractivity contribution in [2.24, 2.45) is 0 Å². The molecule has 0 aliphatic rings. The Bertz CT molecular complexity index is 437. The molecular weight excluding hydrogens is 268 g/mol. The van der Waals surface area contributed by atoms with Gasteiger partial charge in [0.1, 0.15) is 0 Å². The van der Waals surface area contributed by atoms with Crippen LogP contribution in [0.15, 0.2) is 22.7 Å². The lowest BCUT2D eigenvalue weighted by atomic mass is 10.1. The van der Waals surface area contributed by atoms with Crippen LogP contribution < -0.4 is 0 Å². The molecule has 0 spiro atoms. The van der Waals surface area contributed by atoms with E-state index in [9.17, 15) is 4.79 Å². The zero-order valence-electron chi connectivity index (χ0n) is 9.33. The summed E-state index contributed by atoms with van der Waals surface area (Å²) in [5.74, 6) is -0.0641. The van der Waals surface area contributed by atoms with Crippen molar-refractivity contribution in [1.82, 2.24) is 4.90 Å². The third-order valence-corrected chi connectivity index (χ3v) is 3.38. The van der Waals surface area contributed by atoms with Crippen molar-refractivity contribution in [3.63, 3.8) is 0 Å². The van der Waals surface area contributed by atoms with Crippen LogP contribution in [0.1, 0.15) is 22.3 Å². The van der Waals surface area contributed by atoms with Gasteiger partial charge in [0.05, 0.1) is 18.1 Å². The Hall–Kier alpha value is -1.34. The van der Waals surface area contributed by atoms with Crippen molar-refractivity contribution in [2.75, 3.05) is 13.6 Å².